The van der Waals surface area contributed by atoms with Crippen LogP contribution in [0.2, 0.25) is 10.0 Å². The highest BCUT2D eigenvalue weighted by Gasteiger charge is 2.33. The minimum Gasteiger partial charge on any atom is -0.476 e. The van der Waals surface area contributed by atoms with Crippen molar-refractivity contribution in [1.82, 2.24) is 9.97 Å². The fraction of sp³-hybridized carbons (Fsp3) is 0.500. The highest BCUT2D eigenvalue weighted by atomic mass is 35.5. The van der Waals surface area contributed by atoms with E-state index in [9.17, 15) is 14.7 Å². The molecular formula is C18H21Cl2N3O4S. The molecule has 0 amide bonds. The van der Waals surface area contributed by atoms with Crippen LogP contribution < -0.4 is 4.90 Å². The first-order chi connectivity index (χ1) is 13.2. The van der Waals surface area contributed by atoms with Gasteiger partial charge in [-0.2, -0.15) is 0 Å². The summed E-state index contributed by atoms with van der Waals surface area (Å²) in [5, 5.41) is 10.5. The molecule has 1 aliphatic heterocycles. The van der Waals surface area contributed by atoms with E-state index < -0.39 is 5.97 Å². The third kappa shape index (κ3) is 4.05. The molecular weight excluding hydrogens is 425 g/mol. The van der Waals surface area contributed by atoms with Crippen LogP contribution in [0.15, 0.2) is 0 Å². The summed E-state index contributed by atoms with van der Waals surface area (Å²) in [6, 6.07) is 0. The van der Waals surface area contributed by atoms with Crippen LogP contribution in [0.25, 0.3) is 0 Å². The quantitative estimate of drug-likeness (QED) is 0.646. The Labute approximate surface area is 176 Å². The first kappa shape index (κ1) is 21.1. The SMILES string of the molecule is CO[C@H]1CN(c2nc(C(=O)O)c(C)s2)CC[C@H]1CC(=O)c1[nH]c(C)c(Cl)c1Cl. The number of hydrogen-bond donors (Lipinski definition) is 2. The number of anilines is 1. The van der Waals surface area contributed by atoms with Gasteiger partial charge in [0.15, 0.2) is 16.6 Å². The molecule has 0 aliphatic carbocycles. The van der Waals surface area contributed by atoms with E-state index in [0.717, 1.165) is 6.42 Å². The molecule has 2 N–H and O–H groups in total. The molecule has 0 aromatic carbocycles. The van der Waals surface area contributed by atoms with Crippen LogP contribution in [0.1, 0.15) is 44.4 Å². The summed E-state index contributed by atoms with van der Waals surface area (Å²) in [6.45, 7) is 4.72. The first-order valence-electron chi connectivity index (χ1n) is 8.78. The lowest BCUT2D eigenvalue weighted by atomic mass is 9.88. The van der Waals surface area contributed by atoms with Gasteiger partial charge in [0.25, 0.3) is 0 Å². The highest BCUT2D eigenvalue weighted by molar-refractivity contribution is 7.15. The van der Waals surface area contributed by atoms with E-state index in [4.69, 9.17) is 27.9 Å². The molecule has 152 valence electrons. The second-order valence-electron chi connectivity index (χ2n) is 6.86. The van der Waals surface area contributed by atoms with Gasteiger partial charge in [0.05, 0.1) is 16.1 Å². The number of halogens is 2. The van der Waals surface area contributed by atoms with E-state index in [0.29, 0.717) is 45.9 Å². The number of hydrogen-bond acceptors (Lipinski definition) is 6. The number of nitrogens with zero attached hydrogens (tertiary/aromatic N) is 2. The Hall–Kier alpha value is -1.61. The zero-order valence-corrected chi connectivity index (χ0v) is 18.0. The van der Waals surface area contributed by atoms with E-state index in [1.807, 2.05) is 4.90 Å². The predicted octanol–water partition coefficient (Wildman–Crippen LogP) is 4.21. The maximum absolute atomic E-state index is 12.7. The Kier molecular flexibility index (Phi) is 6.34. The molecule has 0 saturated carbocycles. The number of nitrogens with one attached hydrogen (secondary N) is 1. The maximum atomic E-state index is 12.7. The zero-order valence-electron chi connectivity index (χ0n) is 15.7. The molecule has 2 aromatic heterocycles. The topological polar surface area (TPSA) is 95.5 Å². The number of ether oxygens (including phenoxy) is 1. The normalized spacial score (nSPS) is 19.8. The molecule has 0 spiro atoms. The van der Waals surface area contributed by atoms with Gasteiger partial charge in [0, 0.05) is 37.2 Å². The number of Topliss-reactive ketones (excluding diaryl/α,β-unsaturated/α-hetero) is 1. The number of carbonyl (C=O) groups is 2. The molecule has 1 saturated heterocycles. The Morgan fingerprint density at radius 3 is 2.61 bits per heavy atom. The summed E-state index contributed by atoms with van der Waals surface area (Å²) in [5.41, 5.74) is 1.09. The van der Waals surface area contributed by atoms with Crippen molar-refractivity contribution in [3.63, 3.8) is 0 Å². The lowest BCUT2D eigenvalue weighted by Crippen LogP contribution is -2.45. The van der Waals surface area contributed by atoms with E-state index in [1.54, 1.807) is 21.0 Å². The van der Waals surface area contributed by atoms with Crippen LogP contribution in [-0.4, -0.2) is 53.1 Å². The molecule has 0 bridgehead atoms. The average Bonchev–Trinajstić information content (AvgIpc) is 3.17. The first-order valence-corrected chi connectivity index (χ1v) is 10.3. The number of ketones is 1. The summed E-state index contributed by atoms with van der Waals surface area (Å²) in [5.74, 6) is -1.11. The van der Waals surface area contributed by atoms with Crippen molar-refractivity contribution >= 4 is 51.4 Å². The smallest absolute Gasteiger partial charge is 0.355 e. The second kappa shape index (κ2) is 8.41. The minimum absolute atomic E-state index is 0.0206. The van der Waals surface area contributed by atoms with Crippen molar-refractivity contribution in [2.75, 3.05) is 25.1 Å². The molecule has 28 heavy (non-hydrogen) atoms. The maximum Gasteiger partial charge on any atom is 0.355 e. The van der Waals surface area contributed by atoms with Crippen LogP contribution in [0.4, 0.5) is 5.13 Å². The summed E-state index contributed by atoms with van der Waals surface area (Å²) in [6.07, 6.45) is 0.830. The standard InChI is InChI=1S/C18H21Cl2N3O4S/c1-8-13(19)14(20)16(21-8)11(24)6-10-4-5-23(7-12(10)27-3)18-22-15(17(25)26)9(2)28-18/h10,12,21H,4-7H2,1-3H3,(H,25,26)/t10-,12-/m0/s1. The fourth-order valence-electron chi connectivity index (χ4n) is 3.46. The van der Waals surface area contributed by atoms with Crippen LogP contribution in [-0.2, 0) is 4.74 Å². The van der Waals surface area contributed by atoms with Crippen LogP contribution in [0, 0.1) is 19.8 Å². The Balaban J connectivity index is 1.71. The van der Waals surface area contributed by atoms with Gasteiger partial charge in [-0.3, -0.25) is 4.79 Å². The van der Waals surface area contributed by atoms with Crippen LogP contribution >= 0.6 is 34.5 Å². The number of rotatable bonds is 6. The number of carboxylic acids is 1. The summed E-state index contributed by atoms with van der Waals surface area (Å²) in [4.78, 5) is 33.8. The number of carbonyl (C=O) groups excluding carboxylic acids is 1. The van der Waals surface area contributed by atoms with Gasteiger partial charge in [0.1, 0.15) is 5.69 Å². The number of aromatic nitrogens is 2. The van der Waals surface area contributed by atoms with E-state index in [1.165, 1.54) is 11.3 Å². The number of H-pyrrole nitrogens is 1. The molecule has 2 aromatic rings. The van der Waals surface area contributed by atoms with Gasteiger partial charge in [-0.15, -0.1) is 11.3 Å². The van der Waals surface area contributed by atoms with Crippen molar-refractivity contribution < 1.29 is 19.4 Å². The number of aromatic amines is 1. The van der Waals surface area contributed by atoms with Gasteiger partial charge < -0.3 is 19.7 Å². The number of aromatic carboxylic acids is 1. The predicted molar refractivity (Wildman–Crippen MR) is 109 cm³/mol. The summed E-state index contributed by atoms with van der Waals surface area (Å²) < 4.78 is 5.63. The molecule has 2 atom stereocenters. The zero-order chi connectivity index (χ0) is 20.6. The van der Waals surface area contributed by atoms with Gasteiger partial charge in [-0.05, 0) is 26.2 Å². The van der Waals surface area contributed by atoms with Gasteiger partial charge in [-0.1, -0.05) is 23.2 Å². The number of piperidine rings is 1. The third-order valence-electron chi connectivity index (χ3n) is 5.04. The monoisotopic (exact) mass is 445 g/mol. The minimum atomic E-state index is -1.03. The van der Waals surface area contributed by atoms with Crippen molar-refractivity contribution in [3.05, 3.63) is 32.0 Å². The third-order valence-corrected chi connectivity index (χ3v) is 7.02. The Bertz CT molecular complexity index is 911. The van der Waals surface area contributed by atoms with Gasteiger partial charge in [0.2, 0.25) is 0 Å². The van der Waals surface area contributed by atoms with Crippen molar-refractivity contribution in [2.45, 2.75) is 32.8 Å². The van der Waals surface area contributed by atoms with Crippen molar-refractivity contribution in [3.8, 4) is 0 Å². The fourth-order valence-corrected chi connectivity index (χ4v) is 4.83. The molecule has 0 unspecified atom stereocenters. The summed E-state index contributed by atoms with van der Waals surface area (Å²) >= 11 is 13.6. The number of methoxy groups -OCH3 is 1. The van der Waals surface area contributed by atoms with Gasteiger partial charge >= 0.3 is 5.97 Å². The molecule has 1 aliphatic rings. The lowest BCUT2D eigenvalue weighted by Gasteiger charge is -2.37. The van der Waals surface area contributed by atoms with E-state index >= 15 is 0 Å². The Morgan fingerprint density at radius 2 is 2.07 bits per heavy atom. The van der Waals surface area contributed by atoms with Crippen LogP contribution in [0.3, 0.4) is 0 Å². The molecule has 3 rings (SSSR count). The summed E-state index contributed by atoms with van der Waals surface area (Å²) in [7, 11) is 1.62. The molecule has 1 fully saturated rings. The van der Waals surface area contributed by atoms with Crippen molar-refractivity contribution in [2.24, 2.45) is 5.92 Å². The highest BCUT2D eigenvalue weighted by Crippen LogP contribution is 2.34. The molecule has 0 radical (unpaired) electrons. The average molecular weight is 446 g/mol. The van der Waals surface area contributed by atoms with E-state index in [2.05, 4.69) is 9.97 Å². The molecule has 10 heteroatoms. The second-order valence-corrected chi connectivity index (χ2v) is 8.79. The Morgan fingerprint density at radius 1 is 1.36 bits per heavy atom. The lowest BCUT2D eigenvalue weighted by molar-refractivity contribution is 0.0374. The molecule has 7 nitrogen and oxygen atoms in total. The number of thiazole rings is 1. The number of aryl methyl sites for hydroxylation is 2. The van der Waals surface area contributed by atoms with E-state index in [-0.39, 0.29) is 28.5 Å². The van der Waals surface area contributed by atoms with Crippen molar-refractivity contribution in [1.29, 1.82) is 0 Å². The largest absolute Gasteiger partial charge is 0.476 e. The van der Waals surface area contributed by atoms with Crippen LogP contribution in [0.5, 0.6) is 0 Å². The van der Waals surface area contributed by atoms with Gasteiger partial charge in [-0.25, -0.2) is 9.78 Å². The number of carboxylic acid groups (broad SMARTS) is 1. The molecule has 3 heterocycles.